The Hall–Kier alpha value is -0.640. The van der Waals surface area contributed by atoms with Crippen LogP contribution in [0, 0.1) is 11.7 Å². The minimum Gasteiger partial charge on any atom is -0.319 e. The Labute approximate surface area is 132 Å². The van der Waals surface area contributed by atoms with Crippen molar-refractivity contribution in [3.63, 3.8) is 0 Å². The maximum Gasteiger partial charge on any atom is 0.141 e. The minimum atomic E-state index is -0.332. The first-order valence-electron chi connectivity index (χ1n) is 8.01. The van der Waals surface area contributed by atoms with E-state index in [1.807, 2.05) is 19.2 Å². The van der Waals surface area contributed by atoms with Crippen LogP contribution in [0.4, 0.5) is 4.39 Å². The van der Waals surface area contributed by atoms with Crippen LogP contribution in [0.1, 0.15) is 44.2 Å². The Morgan fingerprint density at radius 3 is 2.86 bits per heavy atom. The number of hydrogen-bond acceptors (Lipinski definition) is 2. The van der Waals surface area contributed by atoms with Crippen LogP contribution in [0.5, 0.6) is 0 Å². The highest BCUT2D eigenvalue weighted by Gasteiger charge is 2.30. The Balaban J connectivity index is 2.34. The van der Waals surface area contributed by atoms with Crippen molar-refractivity contribution in [2.24, 2.45) is 5.92 Å². The molecule has 0 radical (unpaired) electrons. The third-order valence-corrected chi connectivity index (χ3v) is 4.66. The lowest BCUT2D eigenvalue weighted by Crippen LogP contribution is -2.36. The first kappa shape index (κ1) is 16.7. The van der Waals surface area contributed by atoms with Gasteiger partial charge in [-0.25, -0.2) is 4.39 Å². The lowest BCUT2D eigenvalue weighted by molar-refractivity contribution is 0.154. The fourth-order valence-electron chi connectivity index (χ4n) is 3.51. The molecule has 4 heteroatoms. The molecule has 0 spiro atoms. The fourth-order valence-corrected chi connectivity index (χ4v) is 3.70. The number of nitrogens with zero attached hydrogens (tertiary/aromatic N) is 1. The van der Waals surface area contributed by atoms with Gasteiger partial charge in [-0.2, -0.15) is 0 Å². The normalized spacial score (nSPS) is 24.0. The second-order valence-electron chi connectivity index (χ2n) is 5.97. The first-order valence-corrected chi connectivity index (χ1v) is 8.38. The molecule has 0 amide bonds. The molecule has 1 aliphatic heterocycles. The monoisotopic (exact) mass is 312 g/mol. The number of hydrogen-bond donors (Lipinski definition) is 1. The number of benzene rings is 1. The number of halogens is 2. The Morgan fingerprint density at radius 2 is 2.19 bits per heavy atom. The van der Waals surface area contributed by atoms with E-state index in [0.29, 0.717) is 12.0 Å². The van der Waals surface area contributed by atoms with Crippen LogP contribution in [-0.4, -0.2) is 31.6 Å². The van der Waals surface area contributed by atoms with Gasteiger partial charge in [0.15, 0.2) is 0 Å². The molecule has 0 saturated carbocycles. The summed E-state index contributed by atoms with van der Waals surface area (Å²) in [5.74, 6) is 0.215. The Bertz CT molecular complexity index is 436. The summed E-state index contributed by atoms with van der Waals surface area (Å²) in [6, 6.07) is 5.56. The molecule has 1 aromatic rings. The van der Waals surface area contributed by atoms with Gasteiger partial charge < -0.3 is 5.32 Å². The maximum atomic E-state index is 13.5. The molecule has 1 N–H and O–H groups in total. The van der Waals surface area contributed by atoms with Crippen LogP contribution in [0.25, 0.3) is 0 Å². The zero-order valence-electron chi connectivity index (χ0n) is 13.0. The number of likely N-dealkylation sites (tertiary alicyclic amines) is 1. The molecule has 118 valence electrons. The van der Waals surface area contributed by atoms with Gasteiger partial charge in [0.25, 0.3) is 0 Å². The van der Waals surface area contributed by atoms with Crippen molar-refractivity contribution in [1.82, 2.24) is 10.2 Å². The van der Waals surface area contributed by atoms with Crippen molar-refractivity contribution < 1.29 is 4.39 Å². The van der Waals surface area contributed by atoms with Crippen LogP contribution in [0.2, 0.25) is 5.02 Å². The third kappa shape index (κ3) is 4.18. The summed E-state index contributed by atoms with van der Waals surface area (Å²) < 4.78 is 13.5. The van der Waals surface area contributed by atoms with Gasteiger partial charge >= 0.3 is 0 Å². The summed E-state index contributed by atoms with van der Waals surface area (Å²) in [5, 5.41) is 3.55. The smallest absolute Gasteiger partial charge is 0.141 e. The minimum absolute atomic E-state index is 0.233. The molecule has 21 heavy (non-hydrogen) atoms. The summed E-state index contributed by atoms with van der Waals surface area (Å²) in [7, 11) is 2.00. The molecule has 2 unspecified atom stereocenters. The predicted octanol–water partition coefficient (Wildman–Crippen LogP) is 4.25. The van der Waals surface area contributed by atoms with Crippen molar-refractivity contribution in [2.45, 2.75) is 38.6 Å². The third-order valence-electron chi connectivity index (χ3n) is 4.37. The van der Waals surface area contributed by atoms with Gasteiger partial charge in [0.05, 0.1) is 5.02 Å². The van der Waals surface area contributed by atoms with Crippen LogP contribution >= 0.6 is 11.6 Å². The molecule has 1 heterocycles. The Kier molecular flexibility index (Phi) is 6.46. The fraction of sp³-hybridized carbons (Fsp3) is 0.647. The molecule has 0 bridgehead atoms. The van der Waals surface area contributed by atoms with E-state index in [4.69, 9.17) is 11.6 Å². The average Bonchev–Trinajstić information content (AvgIpc) is 2.66. The van der Waals surface area contributed by atoms with Gasteiger partial charge in [-0.3, -0.25) is 4.90 Å². The summed E-state index contributed by atoms with van der Waals surface area (Å²) in [4.78, 5) is 2.55. The second-order valence-corrected chi connectivity index (χ2v) is 6.38. The van der Waals surface area contributed by atoms with Gasteiger partial charge in [0.1, 0.15) is 5.82 Å². The van der Waals surface area contributed by atoms with Crippen molar-refractivity contribution >= 4 is 11.6 Å². The largest absolute Gasteiger partial charge is 0.319 e. The van der Waals surface area contributed by atoms with Crippen molar-refractivity contribution in [3.05, 3.63) is 34.6 Å². The maximum absolute atomic E-state index is 13.5. The molecule has 0 aromatic heterocycles. The SMILES string of the molecule is CCCN1CCCCC(CNC)C1c1ccc(F)c(Cl)c1. The van der Waals surface area contributed by atoms with E-state index in [1.165, 1.54) is 25.3 Å². The number of nitrogens with one attached hydrogen (secondary N) is 1. The summed E-state index contributed by atoms with van der Waals surface area (Å²) in [6.07, 6.45) is 4.85. The molecule has 2 nitrogen and oxygen atoms in total. The van der Waals surface area contributed by atoms with Crippen LogP contribution in [-0.2, 0) is 0 Å². The van der Waals surface area contributed by atoms with Crippen LogP contribution in [0.3, 0.4) is 0 Å². The predicted molar refractivity (Wildman–Crippen MR) is 87.3 cm³/mol. The highest BCUT2D eigenvalue weighted by atomic mass is 35.5. The van der Waals surface area contributed by atoms with Gasteiger partial charge in [-0.15, -0.1) is 0 Å². The molecule has 2 rings (SSSR count). The van der Waals surface area contributed by atoms with Crippen LogP contribution < -0.4 is 5.32 Å². The molecule has 1 fully saturated rings. The van der Waals surface area contributed by atoms with Gasteiger partial charge in [-0.1, -0.05) is 31.0 Å². The van der Waals surface area contributed by atoms with E-state index in [9.17, 15) is 4.39 Å². The Morgan fingerprint density at radius 1 is 1.38 bits per heavy atom. The molecular formula is C17H26ClFN2. The van der Waals surface area contributed by atoms with Crippen molar-refractivity contribution in [2.75, 3.05) is 26.7 Å². The lowest BCUT2D eigenvalue weighted by Gasteiger charge is -2.35. The van der Waals surface area contributed by atoms with Gasteiger partial charge in [0.2, 0.25) is 0 Å². The van der Waals surface area contributed by atoms with E-state index in [-0.39, 0.29) is 10.8 Å². The van der Waals surface area contributed by atoms with Crippen molar-refractivity contribution in [1.29, 1.82) is 0 Å². The summed E-state index contributed by atoms with van der Waals surface area (Å²) >= 11 is 6.01. The van der Waals surface area contributed by atoms with Crippen molar-refractivity contribution in [3.8, 4) is 0 Å². The van der Waals surface area contributed by atoms with E-state index in [0.717, 1.165) is 31.6 Å². The van der Waals surface area contributed by atoms with Gasteiger partial charge in [0, 0.05) is 6.04 Å². The van der Waals surface area contributed by atoms with E-state index >= 15 is 0 Å². The molecule has 1 aliphatic rings. The average molecular weight is 313 g/mol. The van der Waals surface area contributed by atoms with Gasteiger partial charge in [-0.05, 0) is 69.6 Å². The van der Waals surface area contributed by atoms with E-state index in [2.05, 4.69) is 17.1 Å². The highest BCUT2D eigenvalue weighted by molar-refractivity contribution is 6.30. The van der Waals surface area contributed by atoms with Crippen LogP contribution in [0.15, 0.2) is 18.2 Å². The molecule has 2 atom stereocenters. The standard InChI is InChI=1S/C17H26ClFN2/c1-3-9-21-10-5-4-6-14(12-20-2)17(21)13-7-8-16(19)15(18)11-13/h7-8,11,14,17,20H,3-6,9-10,12H2,1-2H3. The topological polar surface area (TPSA) is 15.3 Å². The molecule has 0 aliphatic carbocycles. The lowest BCUT2D eigenvalue weighted by atomic mass is 9.89. The zero-order chi connectivity index (χ0) is 15.2. The number of rotatable bonds is 5. The zero-order valence-corrected chi connectivity index (χ0v) is 13.8. The second kappa shape index (κ2) is 8.11. The summed E-state index contributed by atoms with van der Waals surface area (Å²) in [5.41, 5.74) is 1.15. The molecule has 1 saturated heterocycles. The van der Waals surface area contributed by atoms with E-state index < -0.39 is 0 Å². The molecule has 1 aromatic carbocycles. The molecular weight excluding hydrogens is 287 g/mol. The summed E-state index contributed by atoms with van der Waals surface area (Å²) in [6.45, 7) is 5.40. The highest BCUT2D eigenvalue weighted by Crippen LogP contribution is 2.36. The van der Waals surface area contributed by atoms with E-state index in [1.54, 1.807) is 0 Å². The quantitative estimate of drug-likeness (QED) is 0.874. The first-order chi connectivity index (χ1) is 10.2.